The number of benzene rings is 1. The van der Waals surface area contributed by atoms with Crippen molar-refractivity contribution >= 4 is 33.3 Å². The van der Waals surface area contributed by atoms with E-state index in [0.717, 1.165) is 40.0 Å². The molecule has 1 aliphatic carbocycles. The van der Waals surface area contributed by atoms with Crippen LogP contribution in [-0.2, 0) is 4.79 Å². The van der Waals surface area contributed by atoms with Crippen LogP contribution in [0.1, 0.15) is 32.1 Å². The average molecular weight is 379 g/mol. The molecule has 1 saturated carbocycles. The molecule has 1 amide bonds. The Labute approximate surface area is 162 Å². The molecule has 27 heavy (non-hydrogen) atoms. The van der Waals surface area contributed by atoms with Gasteiger partial charge in [0.25, 0.3) is 0 Å². The van der Waals surface area contributed by atoms with Gasteiger partial charge in [-0.15, -0.1) is 11.3 Å². The van der Waals surface area contributed by atoms with E-state index >= 15 is 0 Å². The minimum absolute atomic E-state index is 0.243. The number of anilines is 1. The normalized spacial score (nSPS) is 24.9. The topological polar surface area (TPSA) is 72.1 Å². The van der Waals surface area contributed by atoms with Gasteiger partial charge in [-0.3, -0.25) is 4.79 Å². The lowest BCUT2D eigenvalue weighted by molar-refractivity contribution is -0.119. The van der Waals surface area contributed by atoms with Gasteiger partial charge < -0.3 is 10.6 Å². The minimum Gasteiger partial charge on any atom is -0.368 e. The molecule has 138 valence electrons. The van der Waals surface area contributed by atoms with E-state index in [1.807, 2.05) is 18.2 Å². The molecule has 2 fully saturated rings. The fraction of sp³-hybridized carbons (Fsp3) is 0.381. The molecule has 0 bridgehead atoms. The number of primary amides is 1. The molecular weight excluding hydrogens is 356 g/mol. The van der Waals surface area contributed by atoms with Crippen LogP contribution in [0.15, 0.2) is 42.0 Å². The van der Waals surface area contributed by atoms with E-state index in [2.05, 4.69) is 32.4 Å². The fourth-order valence-corrected chi connectivity index (χ4v) is 5.81. The highest BCUT2D eigenvalue weighted by Gasteiger charge is 2.45. The van der Waals surface area contributed by atoms with Crippen molar-refractivity contribution in [2.75, 3.05) is 4.90 Å². The number of aromatic nitrogens is 2. The van der Waals surface area contributed by atoms with E-state index in [0.29, 0.717) is 12.0 Å². The third kappa shape index (κ3) is 2.70. The molecule has 1 aromatic carbocycles. The van der Waals surface area contributed by atoms with E-state index in [1.54, 1.807) is 17.7 Å². The Morgan fingerprint density at radius 2 is 1.96 bits per heavy atom. The molecule has 2 aromatic heterocycles. The van der Waals surface area contributed by atoms with Crippen LogP contribution in [0.3, 0.4) is 0 Å². The van der Waals surface area contributed by atoms with Crippen molar-refractivity contribution in [1.29, 1.82) is 0 Å². The maximum atomic E-state index is 12.3. The van der Waals surface area contributed by atoms with Gasteiger partial charge >= 0.3 is 0 Å². The zero-order chi connectivity index (χ0) is 18.4. The number of nitrogens with zero attached hydrogens (tertiary/aromatic N) is 3. The molecule has 1 aliphatic heterocycles. The largest absolute Gasteiger partial charge is 0.368 e. The molecule has 0 unspecified atom stereocenters. The molecule has 2 N–H and O–H groups in total. The summed E-state index contributed by atoms with van der Waals surface area (Å²) in [7, 11) is 0. The molecule has 3 atom stereocenters. The summed E-state index contributed by atoms with van der Waals surface area (Å²) in [4.78, 5) is 24.7. The summed E-state index contributed by atoms with van der Waals surface area (Å²) < 4.78 is 0. The van der Waals surface area contributed by atoms with Crippen LogP contribution in [0, 0.1) is 5.92 Å². The number of hydrogen-bond acceptors (Lipinski definition) is 5. The van der Waals surface area contributed by atoms with E-state index in [4.69, 9.17) is 5.73 Å². The van der Waals surface area contributed by atoms with Crippen molar-refractivity contribution in [2.45, 2.75) is 44.2 Å². The number of fused-ring (bicyclic) bond motifs is 2. The van der Waals surface area contributed by atoms with Crippen LogP contribution in [0.5, 0.6) is 0 Å². The van der Waals surface area contributed by atoms with Crippen molar-refractivity contribution in [2.24, 2.45) is 11.7 Å². The van der Waals surface area contributed by atoms with Gasteiger partial charge in [-0.25, -0.2) is 9.97 Å². The number of hydrogen-bond donors (Lipinski definition) is 1. The monoisotopic (exact) mass is 378 g/mol. The Balaban J connectivity index is 1.70. The van der Waals surface area contributed by atoms with Crippen LogP contribution >= 0.6 is 11.3 Å². The Morgan fingerprint density at radius 3 is 2.78 bits per heavy atom. The highest BCUT2D eigenvalue weighted by atomic mass is 32.1. The first kappa shape index (κ1) is 16.7. The van der Waals surface area contributed by atoms with Gasteiger partial charge in [0, 0.05) is 17.0 Å². The molecule has 6 heteroatoms. The predicted molar refractivity (Wildman–Crippen MR) is 109 cm³/mol. The summed E-state index contributed by atoms with van der Waals surface area (Å²) in [6.07, 6.45) is 7.19. The molecular formula is C21H22N4OS. The molecule has 1 saturated heterocycles. The van der Waals surface area contributed by atoms with Crippen LogP contribution in [0.25, 0.3) is 21.3 Å². The predicted octanol–water partition coefficient (Wildman–Crippen LogP) is 3.98. The van der Waals surface area contributed by atoms with Gasteiger partial charge in [-0.1, -0.05) is 43.2 Å². The van der Waals surface area contributed by atoms with Gasteiger partial charge in [-0.2, -0.15) is 0 Å². The van der Waals surface area contributed by atoms with Crippen LogP contribution in [-0.4, -0.2) is 28.0 Å². The lowest BCUT2D eigenvalue weighted by Gasteiger charge is -2.34. The van der Waals surface area contributed by atoms with Crippen LogP contribution in [0.2, 0.25) is 0 Å². The Morgan fingerprint density at radius 1 is 1.15 bits per heavy atom. The molecule has 5 rings (SSSR count). The highest BCUT2D eigenvalue weighted by molar-refractivity contribution is 7.17. The van der Waals surface area contributed by atoms with Crippen LogP contribution < -0.4 is 10.6 Å². The number of carbonyl (C=O) groups excluding carboxylic acids is 1. The van der Waals surface area contributed by atoms with Crippen molar-refractivity contribution in [1.82, 2.24) is 9.97 Å². The maximum absolute atomic E-state index is 12.3. The smallest absolute Gasteiger partial charge is 0.240 e. The fourth-order valence-electron chi connectivity index (χ4n) is 4.90. The third-order valence-corrected chi connectivity index (χ3v) is 6.98. The van der Waals surface area contributed by atoms with Crippen molar-refractivity contribution in [3.8, 4) is 11.1 Å². The zero-order valence-electron chi connectivity index (χ0n) is 15.0. The molecule has 3 aromatic rings. The number of rotatable bonds is 3. The second-order valence-electron chi connectivity index (χ2n) is 7.57. The molecule has 3 heterocycles. The maximum Gasteiger partial charge on any atom is 0.240 e. The van der Waals surface area contributed by atoms with Crippen LogP contribution in [0.4, 0.5) is 5.82 Å². The summed E-state index contributed by atoms with van der Waals surface area (Å²) in [5, 5.41) is 3.19. The van der Waals surface area contributed by atoms with Crippen molar-refractivity contribution in [3.05, 3.63) is 42.0 Å². The second-order valence-corrected chi connectivity index (χ2v) is 8.42. The summed E-state index contributed by atoms with van der Waals surface area (Å²) in [5.74, 6) is 1.16. The molecule has 0 radical (unpaired) electrons. The van der Waals surface area contributed by atoms with E-state index in [-0.39, 0.29) is 11.9 Å². The molecule has 5 nitrogen and oxygen atoms in total. The minimum atomic E-state index is -0.278. The van der Waals surface area contributed by atoms with Gasteiger partial charge in [0.1, 0.15) is 23.0 Å². The van der Waals surface area contributed by atoms with E-state index in [9.17, 15) is 4.79 Å². The summed E-state index contributed by atoms with van der Waals surface area (Å²) in [5.41, 5.74) is 8.11. The summed E-state index contributed by atoms with van der Waals surface area (Å²) in [6.45, 7) is 0. The SMILES string of the molecule is NC(=O)[C@H]1C[C@H]2CCCC[C@H]2N1c1ncnc2scc(-c3ccccc3)c12. The first-order chi connectivity index (χ1) is 13.2. The Bertz CT molecular complexity index is 986. The Kier molecular flexibility index (Phi) is 4.08. The number of carbonyl (C=O) groups is 1. The number of nitrogens with two attached hydrogens (primary N) is 1. The van der Waals surface area contributed by atoms with Gasteiger partial charge in [0.15, 0.2) is 0 Å². The average Bonchev–Trinajstić information content (AvgIpc) is 3.30. The van der Waals surface area contributed by atoms with Crippen molar-refractivity contribution in [3.63, 3.8) is 0 Å². The molecule has 2 aliphatic rings. The lowest BCUT2D eigenvalue weighted by Crippen LogP contribution is -2.45. The first-order valence-electron chi connectivity index (χ1n) is 9.59. The second kappa shape index (κ2) is 6.60. The van der Waals surface area contributed by atoms with Gasteiger partial charge in [-0.05, 0) is 30.7 Å². The molecule has 0 spiro atoms. The number of amides is 1. The zero-order valence-corrected chi connectivity index (χ0v) is 15.9. The van der Waals surface area contributed by atoms with E-state index in [1.165, 1.54) is 19.3 Å². The van der Waals surface area contributed by atoms with Crippen molar-refractivity contribution < 1.29 is 4.79 Å². The lowest BCUT2D eigenvalue weighted by atomic mass is 9.84. The summed E-state index contributed by atoms with van der Waals surface area (Å²) in [6, 6.07) is 10.4. The standard InChI is InChI=1S/C21H22N4OS/c22-19(26)17-10-14-8-4-5-9-16(14)25(17)20-18-15(13-6-2-1-3-7-13)11-27-21(18)24-12-23-20/h1-3,6-7,11-12,14,16-17H,4-5,8-10H2,(H2,22,26)/t14-,16-,17-/m1/s1. The number of thiophene rings is 1. The third-order valence-electron chi connectivity index (χ3n) is 6.10. The highest BCUT2D eigenvalue weighted by Crippen LogP contribution is 2.45. The first-order valence-corrected chi connectivity index (χ1v) is 10.5. The quantitative estimate of drug-likeness (QED) is 0.748. The Hall–Kier alpha value is -2.47. The van der Waals surface area contributed by atoms with Gasteiger partial charge in [0.2, 0.25) is 5.91 Å². The van der Waals surface area contributed by atoms with E-state index < -0.39 is 0 Å². The summed E-state index contributed by atoms with van der Waals surface area (Å²) >= 11 is 1.63. The van der Waals surface area contributed by atoms with Gasteiger partial charge in [0.05, 0.1) is 5.39 Å².